The van der Waals surface area contributed by atoms with Crippen molar-refractivity contribution in [3.63, 3.8) is 0 Å². The molecule has 0 spiro atoms. The molecule has 0 amide bonds. The van der Waals surface area contributed by atoms with E-state index in [0.29, 0.717) is 0 Å². The van der Waals surface area contributed by atoms with Crippen molar-refractivity contribution in [1.82, 2.24) is 0 Å². The summed E-state index contributed by atoms with van der Waals surface area (Å²) in [6, 6.07) is 57.5. The number of fused-ring (bicyclic) bond motifs is 8. The first kappa shape index (κ1) is 23.8. The molecule has 10 aromatic carbocycles. The highest BCUT2D eigenvalue weighted by Gasteiger charge is 2.36. The van der Waals surface area contributed by atoms with Crippen molar-refractivity contribution in [2.24, 2.45) is 0 Å². The van der Waals surface area contributed by atoms with Gasteiger partial charge in [0.15, 0.2) is 0 Å². The quantitative estimate of drug-likeness (QED) is 0.106. The predicted molar refractivity (Wildman–Crippen MR) is 197 cm³/mol. The Morgan fingerprint density at radius 3 is 1.53 bits per heavy atom. The maximum Gasteiger partial charge on any atom is 0.242 e. The minimum Gasteiger partial charge on any atom is -0.0680 e. The van der Waals surface area contributed by atoms with Gasteiger partial charge >= 0.3 is 0 Å². The molecule has 1 aliphatic heterocycles. The van der Waals surface area contributed by atoms with E-state index in [1.165, 1.54) is 103 Å². The average molecular weight is 564 g/mol. The second-order valence-corrected chi connectivity index (χ2v) is 12.9. The van der Waals surface area contributed by atoms with Gasteiger partial charge in [0.1, 0.15) is 0 Å². The molecule has 0 bridgehead atoms. The zero-order valence-electron chi connectivity index (χ0n) is 24.5. The van der Waals surface area contributed by atoms with E-state index >= 15 is 0 Å². The number of hydrogen-bond acceptors (Lipinski definition) is 0. The lowest BCUT2D eigenvalue weighted by atomic mass is 9.38. The molecular formula is C44H25B. The third-order valence-corrected chi connectivity index (χ3v) is 10.5. The summed E-state index contributed by atoms with van der Waals surface area (Å²) < 4.78 is 0. The summed E-state index contributed by atoms with van der Waals surface area (Å²) in [6.45, 7) is 0.156. The third kappa shape index (κ3) is 3.22. The van der Waals surface area contributed by atoms with Crippen LogP contribution < -0.4 is 16.4 Å². The molecule has 204 valence electrons. The van der Waals surface area contributed by atoms with Crippen LogP contribution in [-0.2, 0) is 0 Å². The Morgan fingerprint density at radius 1 is 0.311 bits per heavy atom. The lowest BCUT2D eigenvalue weighted by Crippen LogP contribution is -2.48. The first-order valence-corrected chi connectivity index (χ1v) is 15.9. The molecular weight excluding hydrogens is 539 g/mol. The lowest BCUT2D eigenvalue weighted by molar-refractivity contribution is 1.77. The molecule has 0 nitrogen and oxygen atoms in total. The van der Waals surface area contributed by atoms with Crippen molar-refractivity contribution in [3.8, 4) is 11.1 Å². The fraction of sp³-hybridized carbons (Fsp3) is 0. The van der Waals surface area contributed by atoms with E-state index < -0.39 is 0 Å². The Hall–Kier alpha value is -5.66. The molecule has 0 saturated heterocycles. The average Bonchev–Trinajstić information content (AvgIpc) is 3.40. The maximum absolute atomic E-state index is 2.50. The SMILES string of the molecule is c1ccc2cc3cc(B4c5cc6cc7ccccc7cc6cc5-c5c4cc4ccc6cccc7ccc5c4c67)ccc3cc2c1. The molecule has 45 heavy (non-hydrogen) atoms. The van der Waals surface area contributed by atoms with Crippen LogP contribution in [0.2, 0.25) is 0 Å². The van der Waals surface area contributed by atoms with E-state index in [-0.39, 0.29) is 6.71 Å². The summed E-state index contributed by atoms with van der Waals surface area (Å²) in [5, 5.41) is 18.4. The van der Waals surface area contributed by atoms with Crippen molar-refractivity contribution in [3.05, 3.63) is 152 Å². The number of rotatable bonds is 1. The van der Waals surface area contributed by atoms with E-state index in [1.807, 2.05) is 0 Å². The molecule has 0 aromatic heterocycles. The molecule has 1 heterocycles. The monoisotopic (exact) mass is 564 g/mol. The second kappa shape index (κ2) is 8.49. The summed E-state index contributed by atoms with van der Waals surface area (Å²) in [6.07, 6.45) is 0. The molecule has 0 unspecified atom stereocenters. The van der Waals surface area contributed by atoms with Crippen molar-refractivity contribution in [2.75, 3.05) is 0 Å². The van der Waals surface area contributed by atoms with Crippen molar-refractivity contribution in [1.29, 1.82) is 0 Å². The van der Waals surface area contributed by atoms with Crippen LogP contribution in [0.5, 0.6) is 0 Å². The van der Waals surface area contributed by atoms with Gasteiger partial charge in [-0.1, -0.05) is 138 Å². The first-order valence-electron chi connectivity index (χ1n) is 15.9. The van der Waals surface area contributed by atoms with Crippen LogP contribution in [0.3, 0.4) is 0 Å². The van der Waals surface area contributed by atoms with Crippen LogP contribution in [0.15, 0.2) is 152 Å². The van der Waals surface area contributed by atoms with Crippen LogP contribution in [0.1, 0.15) is 0 Å². The zero-order valence-corrected chi connectivity index (χ0v) is 24.5. The normalized spacial score (nSPS) is 12.8. The zero-order chi connectivity index (χ0) is 29.2. The second-order valence-electron chi connectivity index (χ2n) is 12.9. The first-order chi connectivity index (χ1) is 22.3. The largest absolute Gasteiger partial charge is 0.242 e. The molecule has 0 N–H and O–H groups in total. The van der Waals surface area contributed by atoms with Gasteiger partial charge in [0.05, 0.1) is 0 Å². The lowest BCUT2D eigenvalue weighted by Gasteiger charge is -2.16. The van der Waals surface area contributed by atoms with Gasteiger partial charge < -0.3 is 0 Å². The van der Waals surface area contributed by atoms with Crippen LogP contribution in [-0.4, -0.2) is 6.71 Å². The Bertz CT molecular complexity index is 2860. The smallest absolute Gasteiger partial charge is 0.0680 e. The molecule has 11 rings (SSSR count). The predicted octanol–water partition coefficient (Wildman–Crippen LogP) is 9.69. The Kier molecular flexibility index (Phi) is 4.48. The molecule has 0 saturated carbocycles. The van der Waals surface area contributed by atoms with Gasteiger partial charge in [-0.25, -0.2) is 0 Å². The van der Waals surface area contributed by atoms with E-state index in [0.717, 1.165) is 0 Å². The highest BCUT2D eigenvalue weighted by molar-refractivity contribution is 6.99. The van der Waals surface area contributed by atoms with Crippen LogP contribution in [0.25, 0.3) is 86.5 Å². The molecule has 1 aliphatic rings. The third-order valence-electron chi connectivity index (χ3n) is 10.5. The number of hydrogen-bond donors (Lipinski definition) is 0. The van der Waals surface area contributed by atoms with Crippen LogP contribution >= 0.6 is 0 Å². The molecule has 10 aromatic rings. The van der Waals surface area contributed by atoms with E-state index in [1.54, 1.807) is 0 Å². The number of benzene rings is 10. The van der Waals surface area contributed by atoms with Gasteiger partial charge in [0.2, 0.25) is 6.71 Å². The van der Waals surface area contributed by atoms with Crippen LogP contribution in [0, 0.1) is 0 Å². The van der Waals surface area contributed by atoms with Gasteiger partial charge in [0.25, 0.3) is 0 Å². The standard InChI is InChI=1S/C44H25B/c1-2-7-29-19-34-22-37(16-14-32(34)18-28(29)6-1)45-40-25-36-21-31-9-4-3-8-30(31)20-35(36)23-39(40)44-38-17-15-27-11-5-10-26-12-13-33(24-41(44)45)43(38)42(26)27/h1-25H. The summed E-state index contributed by atoms with van der Waals surface area (Å²) in [7, 11) is 0. The van der Waals surface area contributed by atoms with Crippen molar-refractivity contribution >= 4 is 98.5 Å². The minimum absolute atomic E-state index is 0.156. The van der Waals surface area contributed by atoms with E-state index in [2.05, 4.69) is 152 Å². The fourth-order valence-electron chi connectivity index (χ4n) is 8.49. The van der Waals surface area contributed by atoms with Crippen molar-refractivity contribution in [2.45, 2.75) is 0 Å². The molecule has 0 radical (unpaired) electrons. The van der Waals surface area contributed by atoms with Gasteiger partial charge in [-0.15, -0.1) is 0 Å². The van der Waals surface area contributed by atoms with Crippen LogP contribution in [0.4, 0.5) is 0 Å². The summed E-state index contributed by atoms with van der Waals surface area (Å²) in [5.74, 6) is 0. The Morgan fingerprint density at radius 2 is 0.822 bits per heavy atom. The fourth-order valence-corrected chi connectivity index (χ4v) is 8.49. The topological polar surface area (TPSA) is 0 Å². The van der Waals surface area contributed by atoms with Gasteiger partial charge in [0, 0.05) is 0 Å². The summed E-state index contributed by atoms with van der Waals surface area (Å²) >= 11 is 0. The van der Waals surface area contributed by atoms with Gasteiger partial charge in [-0.3, -0.25) is 0 Å². The van der Waals surface area contributed by atoms with Gasteiger partial charge in [-0.05, 0) is 117 Å². The van der Waals surface area contributed by atoms with E-state index in [9.17, 15) is 0 Å². The molecule has 0 aliphatic carbocycles. The molecule has 0 atom stereocenters. The molecule has 0 fully saturated rings. The highest BCUT2D eigenvalue weighted by Crippen LogP contribution is 2.41. The minimum atomic E-state index is 0.156. The Labute approximate surface area is 260 Å². The Balaban J connectivity index is 1.26. The summed E-state index contributed by atoms with van der Waals surface area (Å²) in [4.78, 5) is 0. The maximum atomic E-state index is 2.50. The summed E-state index contributed by atoms with van der Waals surface area (Å²) in [5.41, 5.74) is 6.94. The highest BCUT2D eigenvalue weighted by atomic mass is 14.2. The van der Waals surface area contributed by atoms with E-state index in [4.69, 9.17) is 0 Å². The molecule has 1 heteroatoms. The van der Waals surface area contributed by atoms with Gasteiger partial charge in [-0.2, -0.15) is 0 Å². The van der Waals surface area contributed by atoms with Crippen molar-refractivity contribution < 1.29 is 0 Å².